The highest BCUT2D eigenvalue weighted by Gasteiger charge is 2.49. The lowest BCUT2D eigenvalue weighted by atomic mass is 9.65. The molecule has 4 rings (SSSR count). The number of ether oxygens (including phenoxy) is 1. The SMILES string of the molecule is CC(=O)Oc1ccc2c3c(ccc2c1)C1CCC(O)C1(C)CC3. The molecule has 2 aliphatic rings. The van der Waals surface area contributed by atoms with E-state index in [1.165, 1.54) is 23.4 Å². The van der Waals surface area contributed by atoms with Gasteiger partial charge < -0.3 is 9.84 Å². The van der Waals surface area contributed by atoms with Crippen molar-refractivity contribution in [1.82, 2.24) is 0 Å². The maximum absolute atomic E-state index is 11.1. The number of hydrogen-bond donors (Lipinski definition) is 1. The van der Waals surface area contributed by atoms with Crippen LogP contribution in [-0.4, -0.2) is 17.2 Å². The Morgan fingerprint density at radius 1 is 1.26 bits per heavy atom. The zero-order valence-electron chi connectivity index (χ0n) is 13.6. The van der Waals surface area contributed by atoms with Crippen LogP contribution < -0.4 is 4.74 Å². The number of aryl methyl sites for hydroxylation is 1. The van der Waals surface area contributed by atoms with E-state index in [-0.39, 0.29) is 17.5 Å². The fourth-order valence-corrected chi connectivity index (χ4v) is 4.69. The minimum atomic E-state index is -0.294. The first kappa shape index (κ1) is 14.7. The molecule has 3 unspecified atom stereocenters. The summed E-state index contributed by atoms with van der Waals surface area (Å²) in [4.78, 5) is 11.1. The number of aliphatic hydroxyl groups excluding tert-OH is 1. The highest BCUT2D eigenvalue weighted by atomic mass is 16.5. The smallest absolute Gasteiger partial charge is 0.308 e. The third-order valence-corrected chi connectivity index (χ3v) is 5.98. The molecule has 0 bridgehead atoms. The summed E-state index contributed by atoms with van der Waals surface area (Å²) >= 11 is 0. The van der Waals surface area contributed by atoms with Crippen LogP contribution in [0.3, 0.4) is 0 Å². The van der Waals surface area contributed by atoms with Gasteiger partial charge in [-0.25, -0.2) is 0 Å². The summed E-state index contributed by atoms with van der Waals surface area (Å²) in [6.07, 6.45) is 3.84. The van der Waals surface area contributed by atoms with Crippen LogP contribution in [0.25, 0.3) is 10.8 Å². The summed E-state index contributed by atoms with van der Waals surface area (Å²) < 4.78 is 5.19. The molecule has 0 aromatic heterocycles. The van der Waals surface area contributed by atoms with E-state index in [9.17, 15) is 9.90 Å². The lowest BCUT2D eigenvalue weighted by molar-refractivity contribution is -0.131. The van der Waals surface area contributed by atoms with Gasteiger partial charge in [0.15, 0.2) is 0 Å². The summed E-state index contributed by atoms with van der Waals surface area (Å²) in [6, 6.07) is 10.2. The van der Waals surface area contributed by atoms with Crippen LogP contribution in [0, 0.1) is 5.41 Å². The molecule has 23 heavy (non-hydrogen) atoms. The van der Waals surface area contributed by atoms with Crippen LogP contribution in [0.4, 0.5) is 0 Å². The van der Waals surface area contributed by atoms with E-state index in [2.05, 4.69) is 25.1 Å². The number of carbonyl (C=O) groups is 1. The Bertz CT molecular complexity index is 795. The molecule has 2 aromatic rings. The van der Waals surface area contributed by atoms with E-state index < -0.39 is 0 Å². The number of benzene rings is 2. The van der Waals surface area contributed by atoms with E-state index >= 15 is 0 Å². The standard InChI is InChI=1S/C20H22O3/c1-12(21)23-14-4-6-15-13(11-14)3-5-17-16(15)9-10-20(2)18(17)7-8-19(20)22/h3-6,11,18-19,22H,7-10H2,1-2H3. The quantitative estimate of drug-likeness (QED) is 0.640. The van der Waals surface area contributed by atoms with Crippen LogP contribution in [0.1, 0.15) is 50.2 Å². The molecular weight excluding hydrogens is 288 g/mol. The Labute approximate surface area is 136 Å². The van der Waals surface area contributed by atoms with E-state index in [1.807, 2.05) is 12.1 Å². The average Bonchev–Trinajstić information content (AvgIpc) is 2.82. The Balaban J connectivity index is 1.81. The van der Waals surface area contributed by atoms with Crippen molar-refractivity contribution in [3.8, 4) is 5.75 Å². The van der Waals surface area contributed by atoms with E-state index in [4.69, 9.17) is 4.74 Å². The van der Waals surface area contributed by atoms with Crippen molar-refractivity contribution in [2.45, 2.75) is 51.6 Å². The summed E-state index contributed by atoms with van der Waals surface area (Å²) in [6.45, 7) is 3.66. The van der Waals surface area contributed by atoms with Gasteiger partial charge in [-0.05, 0) is 65.6 Å². The monoisotopic (exact) mass is 310 g/mol. The van der Waals surface area contributed by atoms with Crippen LogP contribution in [-0.2, 0) is 11.2 Å². The van der Waals surface area contributed by atoms with Gasteiger partial charge in [0.1, 0.15) is 5.75 Å². The first-order valence-electron chi connectivity index (χ1n) is 8.41. The summed E-state index contributed by atoms with van der Waals surface area (Å²) in [5, 5.41) is 12.8. The molecule has 3 atom stereocenters. The van der Waals surface area contributed by atoms with E-state index in [0.29, 0.717) is 11.7 Å². The second-order valence-corrected chi connectivity index (χ2v) is 7.26. The number of esters is 1. The fraction of sp³-hybridized carbons (Fsp3) is 0.450. The summed E-state index contributed by atoms with van der Waals surface area (Å²) in [7, 11) is 0. The zero-order chi connectivity index (χ0) is 16.2. The zero-order valence-corrected chi connectivity index (χ0v) is 13.6. The van der Waals surface area contributed by atoms with Gasteiger partial charge in [-0.15, -0.1) is 0 Å². The number of rotatable bonds is 1. The van der Waals surface area contributed by atoms with Crippen LogP contribution in [0.5, 0.6) is 5.75 Å². The molecule has 1 fully saturated rings. The average molecular weight is 310 g/mol. The Kier molecular flexibility index (Phi) is 3.24. The van der Waals surface area contributed by atoms with Crippen molar-refractivity contribution in [1.29, 1.82) is 0 Å². The normalized spacial score (nSPS) is 29.2. The predicted molar refractivity (Wildman–Crippen MR) is 89.7 cm³/mol. The maximum atomic E-state index is 11.1. The Morgan fingerprint density at radius 2 is 2.09 bits per heavy atom. The van der Waals surface area contributed by atoms with Gasteiger partial charge in [0.2, 0.25) is 0 Å². The molecule has 3 heteroatoms. The molecule has 0 aliphatic heterocycles. The van der Waals surface area contributed by atoms with Crippen molar-refractivity contribution >= 4 is 16.7 Å². The molecule has 0 spiro atoms. The van der Waals surface area contributed by atoms with Gasteiger partial charge >= 0.3 is 5.97 Å². The number of aliphatic hydroxyl groups is 1. The number of fused-ring (bicyclic) bond motifs is 5. The van der Waals surface area contributed by atoms with E-state index in [0.717, 1.165) is 31.1 Å². The molecule has 0 heterocycles. The lowest BCUT2D eigenvalue weighted by Gasteiger charge is -2.40. The molecule has 120 valence electrons. The fourth-order valence-electron chi connectivity index (χ4n) is 4.69. The molecule has 0 amide bonds. The largest absolute Gasteiger partial charge is 0.427 e. The third-order valence-electron chi connectivity index (χ3n) is 5.98. The molecule has 2 aliphatic carbocycles. The van der Waals surface area contributed by atoms with Gasteiger partial charge in [-0.1, -0.05) is 25.1 Å². The third kappa shape index (κ3) is 2.18. The first-order valence-corrected chi connectivity index (χ1v) is 8.41. The molecule has 1 N–H and O–H groups in total. The first-order chi connectivity index (χ1) is 11.0. The maximum Gasteiger partial charge on any atom is 0.308 e. The van der Waals surface area contributed by atoms with Crippen molar-refractivity contribution in [2.75, 3.05) is 0 Å². The Morgan fingerprint density at radius 3 is 2.87 bits per heavy atom. The van der Waals surface area contributed by atoms with Crippen molar-refractivity contribution < 1.29 is 14.6 Å². The van der Waals surface area contributed by atoms with Crippen LogP contribution in [0.15, 0.2) is 30.3 Å². The van der Waals surface area contributed by atoms with Crippen molar-refractivity contribution in [3.05, 3.63) is 41.5 Å². The summed E-state index contributed by atoms with van der Waals surface area (Å²) in [5.74, 6) is 0.763. The minimum absolute atomic E-state index is 0.0261. The molecule has 0 saturated heterocycles. The highest BCUT2D eigenvalue weighted by molar-refractivity contribution is 5.89. The Hall–Kier alpha value is -1.87. The second kappa shape index (κ2) is 5.07. The topological polar surface area (TPSA) is 46.5 Å². The van der Waals surface area contributed by atoms with Crippen molar-refractivity contribution in [2.24, 2.45) is 5.41 Å². The number of carbonyl (C=O) groups excluding carboxylic acids is 1. The summed E-state index contributed by atoms with van der Waals surface area (Å²) in [5.41, 5.74) is 2.84. The molecule has 1 saturated carbocycles. The highest BCUT2D eigenvalue weighted by Crippen LogP contribution is 2.56. The predicted octanol–water partition coefficient (Wildman–Crippen LogP) is 3.96. The van der Waals surface area contributed by atoms with Gasteiger partial charge in [0.05, 0.1) is 6.10 Å². The van der Waals surface area contributed by atoms with Gasteiger partial charge in [-0.2, -0.15) is 0 Å². The molecular formula is C20H22O3. The van der Waals surface area contributed by atoms with Crippen LogP contribution >= 0.6 is 0 Å². The molecule has 2 aromatic carbocycles. The number of hydrogen-bond acceptors (Lipinski definition) is 3. The van der Waals surface area contributed by atoms with Gasteiger partial charge in [0.25, 0.3) is 0 Å². The molecule has 0 radical (unpaired) electrons. The minimum Gasteiger partial charge on any atom is -0.427 e. The van der Waals surface area contributed by atoms with Gasteiger partial charge in [0, 0.05) is 12.3 Å². The van der Waals surface area contributed by atoms with Crippen LogP contribution in [0.2, 0.25) is 0 Å². The second-order valence-electron chi connectivity index (χ2n) is 7.26. The van der Waals surface area contributed by atoms with Crippen molar-refractivity contribution in [3.63, 3.8) is 0 Å². The van der Waals surface area contributed by atoms with E-state index in [1.54, 1.807) is 0 Å². The molecule has 3 nitrogen and oxygen atoms in total. The van der Waals surface area contributed by atoms with Gasteiger partial charge in [-0.3, -0.25) is 4.79 Å². The lowest BCUT2D eigenvalue weighted by Crippen LogP contribution is -2.35.